The Morgan fingerprint density at radius 2 is 1.71 bits per heavy atom. The van der Waals surface area contributed by atoms with Crippen LogP contribution in [-0.4, -0.2) is 24.5 Å². The van der Waals surface area contributed by atoms with Crippen LogP contribution in [0.3, 0.4) is 0 Å². The van der Waals surface area contributed by atoms with Crippen molar-refractivity contribution in [3.05, 3.63) is 69.5 Å². The average Bonchev–Trinajstić information content (AvgIpc) is 3.07. The fourth-order valence-corrected chi connectivity index (χ4v) is 3.67. The van der Waals surface area contributed by atoms with Crippen LogP contribution in [-0.2, 0) is 5.92 Å². The van der Waals surface area contributed by atoms with Gasteiger partial charge in [-0.1, -0.05) is 35.3 Å². The minimum Gasteiger partial charge on any atom is -0.349 e. The molecule has 1 aliphatic rings. The monoisotopic (exact) mass is 430 g/mol. The van der Waals surface area contributed by atoms with E-state index >= 15 is 0 Å². The zero-order chi connectivity index (χ0) is 20.3. The second-order valence-corrected chi connectivity index (χ2v) is 7.80. The van der Waals surface area contributed by atoms with Gasteiger partial charge in [0.15, 0.2) is 0 Å². The molecule has 1 saturated carbocycles. The van der Waals surface area contributed by atoms with Crippen LogP contribution in [0, 0.1) is 5.82 Å². The zero-order valence-electron chi connectivity index (χ0n) is 14.8. The van der Waals surface area contributed by atoms with E-state index in [1.165, 1.54) is 30.3 Å². The first kappa shape index (κ1) is 21.0. The molecule has 28 heavy (non-hydrogen) atoms. The van der Waals surface area contributed by atoms with Gasteiger partial charge in [0.2, 0.25) is 0 Å². The zero-order valence-corrected chi connectivity index (χ0v) is 16.3. The first-order valence-corrected chi connectivity index (χ1v) is 9.63. The Balaban J connectivity index is 1.51. The van der Waals surface area contributed by atoms with E-state index in [4.69, 9.17) is 23.2 Å². The molecule has 8 heteroatoms. The molecule has 0 spiro atoms. The third kappa shape index (κ3) is 5.40. The van der Waals surface area contributed by atoms with Gasteiger partial charge in [0.05, 0.1) is 6.54 Å². The van der Waals surface area contributed by atoms with Crippen molar-refractivity contribution in [2.75, 3.05) is 6.54 Å². The van der Waals surface area contributed by atoms with Gasteiger partial charge in [-0.15, -0.1) is 0 Å². The molecule has 0 radical (unpaired) electrons. The first-order chi connectivity index (χ1) is 13.2. The van der Waals surface area contributed by atoms with Gasteiger partial charge in [0, 0.05) is 33.3 Å². The number of alkyl halides is 2. The average molecular weight is 431 g/mol. The molecule has 0 bridgehead atoms. The van der Waals surface area contributed by atoms with Gasteiger partial charge in [-0.3, -0.25) is 4.79 Å². The molecule has 2 aromatic rings. The van der Waals surface area contributed by atoms with Crippen LogP contribution >= 0.6 is 23.2 Å². The maximum atomic E-state index is 14.3. The van der Waals surface area contributed by atoms with Crippen LogP contribution in [0.25, 0.3) is 0 Å². The predicted octanol–water partition coefficient (Wildman–Crippen LogP) is 5.17. The van der Waals surface area contributed by atoms with E-state index in [9.17, 15) is 18.0 Å². The molecular formula is C20H19Cl2F3N2O. The third-order valence-corrected chi connectivity index (χ3v) is 5.24. The lowest BCUT2D eigenvalue weighted by molar-refractivity contribution is -0.00563. The number of carbonyl (C=O) groups is 1. The van der Waals surface area contributed by atoms with Gasteiger partial charge in [-0.25, -0.2) is 4.39 Å². The second-order valence-electron chi connectivity index (χ2n) is 6.93. The van der Waals surface area contributed by atoms with Crippen molar-refractivity contribution in [3.8, 4) is 0 Å². The molecule has 0 saturated heterocycles. The van der Waals surface area contributed by atoms with Gasteiger partial charge in [0.1, 0.15) is 5.82 Å². The molecule has 0 unspecified atom stereocenters. The summed E-state index contributed by atoms with van der Waals surface area (Å²) in [6.07, 6.45) is 1.83. The minimum absolute atomic E-state index is 0.102. The van der Waals surface area contributed by atoms with E-state index in [0.29, 0.717) is 24.3 Å². The Hall–Kier alpha value is -1.76. The predicted molar refractivity (Wildman–Crippen MR) is 104 cm³/mol. The second kappa shape index (κ2) is 8.72. The number of halogens is 5. The van der Waals surface area contributed by atoms with Crippen LogP contribution < -0.4 is 10.6 Å². The van der Waals surface area contributed by atoms with Crippen molar-refractivity contribution >= 4 is 29.1 Å². The Morgan fingerprint density at radius 1 is 1.04 bits per heavy atom. The van der Waals surface area contributed by atoms with E-state index in [1.54, 1.807) is 0 Å². The maximum Gasteiger partial charge on any atom is 0.285 e. The number of amides is 1. The molecule has 3 rings (SSSR count). The van der Waals surface area contributed by atoms with Crippen LogP contribution in [0.5, 0.6) is 0 Å². The lowest BCUT2D eigenvalue weighted by Gasteiger charge is -2.21. The standard InChI is InChI=1S/C20H19Cl2F3N2O/c21-14-3-1-13(2-4-14)20(24,25)11-26-17-5-6-18(10-17)27-19(28)12-7-15(22)9-16(23)8-12/h1-4,7-9,17-18,26H,5-6,10-11H2,(H,27,28)/t17-,18-/m0/s1. The van der Waals surface area contributed by atoms with Crippen molar-refractivity contribution in [1.82, 2.24) is 10.6 Å². The molecule has 1 fully saturated rings. The number of hydrogen-bond donors (Lipinski definition) is 2. The van der Waals surface area contributed by atoms with Crippen molar-refractivity contribution in [3.63, 3.8) is 0 Å². The van der Waals surface area contributed by atoms with Gasteiger partial charge in [-0.2, -0.15) is 8.78 Å². The number of carbonyl (C=O) groups excluding carboxylic acids is 1. The molecule has 150 valence electrons. The van der Waals surface area contributed by atoms with Gasteiger partial charge in [-0.05, 0) is 49.6 Å². The Kier molecular flexibility index (Phi) is 6.53. The maximum absolute atomic E-state index is 14.3. The number of hydrogen-bond acceptors (Lipinski definition) is 2. The fraction of sp³-hybridized carbons (Fsp3) is 0.350. The minimum atomic E-state index is -3.02. The van der Waals surface area contributed by atoms with E-state index < -0.39 is 24.2 Å². The molecule has 3 nitrogen and oxygen atoms in total. The topological polar surface area (TPSA) is 41.1 Å². The molecule has 1 aliphatic carbocycles. The molecule has 0 aromatic heterocycles. The van der Waals surface area contributed by atoms with Crippen molar-refractivity contribution in [2.24, 2.45) is 0 Å². The van der Waals surface area contributed by atoms with Crippen molar-refractivity contribution in [1.29, 1.82) is 0 Å². The van der Waals surface area contributed by atoms with Gasteiger partial charge >= 0.3 is 0 Å². The highest BCUT2D eigenvalue weighted by atomic mass is 35.5. The van der Waals surface area contributed by atoms with E-state index in [0.717, 1.165) is 12.1 Å². The third-order valence-electron chi connectivity index (χ3n) is 4.77. The van der Waals surface area contributed by atoms with Crippen molar-refractivity contribution in [2.45, 2.75) is 37.3 Å². The lowest BCUT2D eigenvalue weighted by atomic mass is 10.1. The molecule has 2 N–H and O–H groups in total. The van der Waals surface area contributed by atoms with Gasteiger partial charge < -0.3 is 10.6 Å². The van der Waals surface area contributed by atoms with Crippen LogP contribution in [0.15, 0.2) is 42.5 Å². The van der Waals surface area contributed by atoms with Crippen LogP contribution in [0.1, 0.15) is 35.2 Å². The lowest BCUT2D eigenvalue weighted by Crippen LogP contribution is -2.39. The molecule has 2 aromatic carbocycles. The highest BCUT2D eigenvalue weighted by Crippen LogP contribution is 2.29. The summed E-state index contributed by atoms with van der Waals surface area (Å²) in [6, 6.07) is 8.80. The number of nitrogens with one attached hydrogen (secondary N) is 2. The largest absolute Gasteiger partial charge is 0.349 e. The van der Waals surface area contributed by atoms with E-state index in [-0.39, 0.29) is 28.2 Å². The van der Waals surface area contributed by atoms with Crippen LogP contribution in [0.2, 0.25) is 10.0 Å². The highest BCUT2D eigenvalue weighted by Gasteiger charge is 2.34. The quantitative estimate of drug-likeness (QED) is 0.663. The molecule has 2 atom stereocenters. The molecule has 0 aliphatic heterocycles. The normalized spacial score (nSPS) is 19.6. The Labute approximate surface area is 171 Å². The Bertz CT molecular complexity index is 826. The number of rotatable bonds is 6. The molecule has 1 amide bonds. The first-order valence-electron chi connectivity index (χ1n) is 8.87. The molecular weight excluding hydrogens is 412 g/mol. The van der Waals surface area contributed by atoms with Crippen LogP contribution in [0.4, 0.5) is 13.2 Å². The summed E-state index contributed by atoms with van der Waals surface area (Å²) in [6.45, 7) is -0.501. The number of benzene rings is 2. The van der Waals surface area contributed by atoms with Crippen molar-refractivity contribution < 1.29 is 18.0 Å². The van der Waals surface area contributed by atoms with Gasteiger partial charge in [0.25, 0.3) is 11.8 Å². The van der Waals surface area contributed by atoms with E-state index in [2.05, 4.69) is 10.6 Å². The highest BCUT2D eigenvalue weighted by molar-refractivity contribution is 6.31. The summed E-state index contributed by atoms with van der Waals surface area (Å²) in [5, 5.41) is 6.23. The SMILES string of the molecule is O=C(N[C@H]1CC[C@H](NCC(F)(F)c2ccc(Cl)cc2)C1)c1cc(F)cc(Cl)c1. The summed E-state index contributed by atoms with van der Waals surface area (Å²) in [4.78, 5) is 12.3. The summed E-state index contributed by atoms with van der Waals surface area (Å²) < 4.78 is 42.0. The summed E-state index contributed by atoms with van der Waals surface area (Å²) >= 11 is 11.5. The van der Waals surface area contributed by atoms with E-state index in [1.807, 2.05) is 0 Å². The summed E-state index contributed by atoms with van der Waals surface area (Å²) in [7, 11) is 0. The Morgan fingerprint density at radius 3 is 2.39 bits per heavy atom. The molecule has 0 heterocycles. The smallest absolute Gasteiger partial charge is 0.285 e. The summed E-state index contributed by atoms with van der Waals surface area (Å²) in [5.41, 5.74) is 0.0333. The summed E-state index contributed by atoms with van der Waals surface area (Å²) in [5.74, 6) is -4.05. The fourth-order valence-electron chi connectivity index (χ4n) is 3.32.